The molecular formula is C13H17NO4. The van der Waals surface area contributed by atoms with Gasteiger partial charge in [0.25, 0.3) is 0 Å². The summed E-state index contributed by atoms with van der Waals surface area (Å²) in [5.74, 6) is -0.445. The average Bonchev–Trinajstić information content (AvgIpc) is 3.02. The Morgan fingerprint density at radius 1 is 1.44 bits per heavy atom. The van der Waals surface area contributed by atoms with Crippen molar-refractivity contribution in [2.75, 3.05) is 0 Å². The van der Waals surface area contributed by atoms with E-state index in [9.17, 15) is 4.79 Å². The molecule has 1 aromatic heterocycles. The number of carboxylic acids is 1. The number of aromatic carboxylic acids is 1. The number of hydrogen-bond acceptors (Lipinski definition) is 4. The predicted molar refractivity (Wildman–Crippen MR) is 65.2 cm³/mol. The van der Waals surface area contributed by atoms with Crippen LogP contribution in [0.1, 0.15) is 44.1 Å². The Kier molecular flexibility index (Phi) is 3.15. The molecule has 1 heterocycles. The number of nitrogens with zero attached hydrogens (tertiary/aromatic N) is 1. The van der Waals surface area contributed by atoms with E-state index in [1.165, 1.54) is 6.20 Å². The summed E-state index contributed by atoms with van der Waals surface area (Å²) in [6, 6.07) is 1.64. The molecule has 1 aliphatic rings. The van der Waals surface area contributed by atoms with Gasteiger partial charge in [-0.3, -0.25) is 0 Å². The molecule has 0 bridgehead atoms. The lowest BCUT2D eigenvalue weighted by atomic mass is 10.2. The van der Waals surface area contributed by atoms with Crippen LogP contribution in [0.5, 0.6) is 11.5 Å². The third-order valence-corrected chi connectivity index (χ3v) is 2.30. The highest BCUT2D eigenvalue weighted by Crippen LogP contribution is 2.36. The van der Waals surface area contributed by atoms with Crippen molar-refractivity contribution in [3.8, 4) is 11.5 Å². The molecule has 1 aromatic rings. The van der Waals surface area contributed by atoms with E-state index in [4.69, 9.17) is 14.6 Å². The highest BCUT2D eigenvalue weighted by molar-refractivity contribution is 5.89. The molecule has 0 unspecified atom stereocenters. The number of hydrogen-bond donors (Lipinski definition) is 1. The van der Waals surface area contributed by atoms with Crippen molar-refractivity contribution in [1.29, 1.82) is 0 Å². The van der Waals surface area contributed by atoms with Crippen LogP contribution in [0.15, 0.2) is 12.3 Å². The van der Waals surface area contributed by atoms with Crippen LogP contribution >= 0.6 is 0 Å². The highest BCUT2D eigenvalue weighted by Gasteiger charge is 2.29. The Bertz CT molecular complexity index is 461. The molecule has 0 spiro atoms. The lowest BCUT2D eigenvalue weighted by molar-refractivity contribution is 0.0668. The van der Waals surface area contributed by atoms with Crippen molar-refractivity contribution in [3.63, 3.8) is 0 Å². The van der Waals surface area contributed by atoms with E-state index in [2.05, 4.69) is 4.98 Å². The molecule has 0 amide bonds. The topological polar surface area (TPSA) is 68.7 Å². The summed E-state index contributed by atoms with van der Waals surface area (Å²) in [4.78, 5) is 15.0. The maximum atomic E-state index is 11.2. The first-order valence-corrected chi connectivity index (χ1v) is 5.95. The van der Waals surface area contributed by atoms with Gasteiger partial charge in [0.15, 0.2) is 17.2 Å². The second kappa shape index (κ2) is 4.48. The molecule has 1 aliphatic carbocycles. The summed E-state index contributed by atoms with van der Waals surface area (Å²) in [5.41, 5.74) is -0.613. The number of carboxylic acid groups (broad SMARTS) is 1. The predicted octanol–water partition coefficient (Wildman–Crippen LogP) is 2.50. The molecule has 98 valence electrons. The maximum Gasteiger partial charge on any atom is 0.358 e. The fraction of sp³-hybridized carbons (Fsp3) is 0.538. The third kappa shape index (κ3) is 3.12. The summed E-state index contributed by atoms with van der Waals surface area (Å²) in [6.07, 6.45) is 3.60. The van der Waals surface area contributed by atoms with Gasteiger partial charge in [-0.05, 0) is 33.6 Å². The maximum absolute atomic E-state index is 11.2. The van der Waals surface area contributed by atoms with Crippen molar-refractivity contribution in [2.45, 2.75) is 45.3 Å². The number of carbonyl (C=O) groups is 1. The Morgan fingerprint density at radius 3 is 2.61 bits per heavy atom. The lowest BCUT2D eigenvalue weighted by Gasteiger charge is -2.23. The fourth-order valence-electron chi connectivity index (χ4n) is 1.45. The van der Waals surface area contributed by atoms with Crippen LogP contribution in [-0.4, -0.2) is 27.8 Å². The largest absolute Gasteiger partial charge is 0.486 e. The minimum Gasteiger partial charge on any atom is -0.486 e. The fourth-order valence-corrected chi connectivity index (χ4v) is 1.45. The smallest absolute Gasteiger partial charge is 0.358 e. The van der Waals surface area contributed by atoms with Crippen LogP contribution in [-0.2, 0) is 0 Å². The number of pyridine rings is 1. The minimum absolute atomic E-state index is 0.108. The molecular weight excluding hydrogens is 234 g/mol. The molecule has 5 nitrogen and oxygen atoms in total. The van der Waals surface area contributed by atoms with Gasteiger partial charge in [-0.25, -0.2) is 9.78 Å². The summed E-state index contributed by atoms with van der Waals surface area (Å²) >= 11 is 0. The molecule has 1 saturated carbocycles. The summed E-state index contributed by atoms with van der Waals surface area (Å²) in [5, 5.41) is 9.14. The quantitative estimate of drug-likeness (QED) is 0.890. The SMILES string of the molecule is CC(C)(C)Oc1c(OC2CC2)ccnc1C(=O)O. The first-order chi connectivity index (χ1) is 8.37. The van der Waals surface area contributed by atoms with Gasteiger partial charge < -0.3 is 14.6 Å². The highest BCUT2D eigenvalue weighted by atomic mass is 16.5. The normalized spacial score (nSPS) is 15.3. The van der Waals surface area contributed by atoms with Gasteiger partial charge in [-0.1, -0.05) is 0 Å². The molecule has 0 aliphatic heterocycles. The van der Waals surface area contributed by atoms with E-state index in [1.807, 2.05) is 20.8 Å². The molecule has 2 rings (SSSR count). The standard InChI is InChI=1S/C13H17NO4/c1-13(2,3)18-11-9(17-8-4-5-8)6-7-14-10(11)12(15)16/h6-8H,4-5H2,1-3H3,(H,15,16). The van der Waals surface area contributed by atoms with Crippen molar-refractivity contribution in [3.05, 3.63) is 18.0 Å². The van der Waals surface area contributed by atoms with Crippen molar-refractivity contribution in [1.82, 2.24) is 4.98 Å². The van der Waals surface area contributed by atoms with E-state index in [0.29, 0.717) is 5.75 Å². The minimum atomic E-state index is -1.12. The second-order valence-electron chi connectivity index (χ2n) is 5.32. The first-order valence-electron chi connectivity index (χ1n) is 5.95. The zero-order chi connectivity index (χ0) is 13.3. The van der Waals surface area contributed by atoms with Crippen LogP contribution in [0.4, 0.5) is 0 Å². The van der Waals surface area contributed by atoms with E-state index >= 15 is 0 Å². The first kappa shape index (κ1) is 12.7. The molecule has 0 radical (unpaired) electrons. The molecule has 1 N–H and O–H groups in total. The number of ether oxygens (including phenoxy) is 2. The monoisotopic (exact) mass is 251 g/mol. The number of rotatable bonds is 4. The zero-order valence-corrected chi connectivity index (χ0v) is 10.8. The molecule has 18 heavy (non-hydrogen) atoms. The van der Waals surface area contributed by atoms with Gasteiger partial charge in [-0.15, -0.1) is 0 Å². The van der Waals surface area contributed by atoms with Gasteiger partial charge in [0.1, 0.15) is 5.60 Å². The van der Waals surface area contributed by atoms with Crippen LogP contribution in [0.3, 0.4) is 0 Å². The van der Waals surface area contributed by atoms with Gasteiger partial charge >= 0.3 is 5.97 Å². The van der Waals surface area contributed by atoms with Gasteiger partial charge in [-0.2, -0.15) is 0 Å². The van der Waals surface area contributed by atoms with Crippen LogP contribution in [0.2, 0.25) is 0 Å². The number of aromatic nitrogens is 1. The Morgan fingerprint density at radius 2 is 2.11 bits per heavy atom. The summed E-state index contributed by atoms with van der Waals surface area (Å²) < 4.78 is 11.4. The summed E-state index contributed by atoms with van der Waals surface area (Å²) in [6.45, 7) is 5.56. The van der Waals surface area contributed by atoms with Gasteiger partial charge in [0, 0.05) is 12.3 Å². The van der Waals surface area contributed by atoms with Crippen molar-refractivity contribution < 1.29 is 19.4 Å². The molecule has 0 aromatic carbocycles. The van der Waals surface area contributed by atoms with E-state index in [0.717, 1.165) is 12.8 Å². The third-order valence-electron chi connectivity index (χ3n) is 2.30. The van der Waals surface area contributed by atoms with Crippen molar-refractivity contribution in [2.24, 2.45) is 0 Å². The summed E-state index contributed by atoms with van der Waals surface area (Å²) in [7, 11) is 0. The van der Waals surface area contributed by atoms with Crippen molar-refractivity contribution >= 4 is 5.97 Å². The van der Waals surface area contributed by atoms with E-state index in [1.54, 1.807) is 6.07 Å². The van der Waals surface area contributed by atoms with Gasteiger partial charge in [0.2, 0.25) is 0 Å². The average molecular weight is 251 g/mol. The second-order valence-corrected chi connectivity index (χ2v) is 5.32. The molecule has 0 atom stereocenters. The molecule has 1 fully saturated rings. The van der Waals surface area contributed by atoms with Crippen LogP contribution in [0.25, 0.3) is 0 Å². The van der Waals surface area contributed by atoms with E-state index in [-0.39, 0.29) is 17.5 Å². The van der Waals surface area contributed by atoms with Crippen LogP contribution < -0.4 is 9.47 Å². The Balaban J connectivity index is 2.37. The van der Waals surface area contributed by atoms with Gasteiger partial charge in [0.05, 0.1) is 6.10 Å². The lowest BCUT2D eigenvalue weighted by Crippen LogP contribution is -2.25. The zero-order valence-electron chi connectivity index (χ0n) is 10.8. The Labute approximate surface area is 106 Å². The molecule has 0 saturated heterocycles. The van der Waals surface area contributed by atoms with Crippen LogP contribution in [0, 0.1) is 0 Å². The molecule has 5 heteroatoms. The van der Waals surface area contributed by atoms with E-state index < -0.39 is 11.6 Å². The Hall–Kier alpha value is -1.78.